The van der Waals surface area contributed by atoms with Crippen molar-refractivity contribution in [3.05, 3.63) is 33.3 Å². The van der Waals surface area contributed by atoms with E-state index < -0.39 is 5.97 Å². The monoisotopic (exact) mass is 359 g/mol. The second-order valence-corrected chi connectivity index (χ2v) is 6.55. The van der Waals surface area contributed by atoms with E-state index >= 15 is 0 Å². The van der Waals surface area contributed by atoms with E-state index in [4.69, 9.17) is 16.7 Å². The minimum atomic E-state index is -0.820. The number of carboxylic acids is 1. The lowest BCUT2D eigenvalue weighted by molar-refractivity contribution is -0.141. The zero-order valence-corrected chi connectivity index (χ0v) is 13.1. The predicted molar refractivity (Wildman–Crippen MR) is 80.0 cm³/mol. The number of halogens is 2. The van der Waals surface area contributed by atoms with Gasteiger partial charge in [0.15, 0.2) is 0 Å². The van der Waals surface area contributed by atoms with E-state index in [0.29, 0.717) is 17.1 Å². The van der Waals surface area contributed by atoms with Crippen molar-refractivity contribution in [2.24, 2.45) is 5.41 Å². The van der Waals surface area contributed by atoms with Gasteiger partial charge in [0, 0.05) is 11.0 Å². The van der Waals surface area contributed by atoms with Gasteiger partial charge in [-0.3, -0.25) is 9.59 Å². The van der Waals surface area contributed by atoms with Crippen LogP contribution in [-0.4, -0.2) is 23.5 Å². The summed E-state index contributed by atoms with van der Waals surface area (Å²) in [7, 11) is 0. The fraction of sp³-hybridized carbons (Fsp3) is 0.429. The number of nitrogens with one attached hydrogen (secondary N) is 1. The van der Waals surface area contributed by atoms with E-state index in [1.807, 2.05) is 0 Å². The largest absolute Gasteiger partial charge is 0.481 e. The lowest BCUT2D eigenvalue weighted by Gasteiger charge is -2.40. The summed E-state index contributed by atoms with van der Waals surface area (Å²) in [5.41, 5.74) is 0.103. The van der Waals surface area contributed by atoms with Gasteiger partial charge in [-0.25, -0.2) is 0 Å². The number of carbonyl (C=O) groups is 2. The summed E-state index contributed by atoms with van der Waals surface area (Å²) in [4.78, 5) is 23.0. The van der Waals surface area contributed by atoms with Crippen LogP contribution in [0, 0.1) is 5.41 Å². The van der Waals surface area contributed by atoms with Crippen LogP contribution < -0.4 is 5.32 Å². The molecule has 20 heavy (non-hydrogen) atoms. The van der Waals surface area contributed by atoms with E-state index in [1.54, 1.807) is 18.2 Å². The second kappa shape index (κ2) is 6.14. The Hall–Kier alpha value is -1.07. The van der Waals surface area contributed by atoms with Crippen molar-refractivity contribution >= 4 is 39.4 Å². The first-order valence-electron chi connectivity index (χ1n) is 6.37. The average Bonchev–Trinajstić information content (AvgIpc) is 2.34. The Bertz CT molecular complexity index is 543. The molecule has 2 rings (SSSR count). The Morgan fingerprint density at radius 2 is 2.10 bits per heavy atom. The average molecular weight is 361 g/mol. The summed E-state index contributed by atoms with van der Waals surface area (Å²) >= 11 is 9.29. The van der Waals surface area contributed by atoms with Crippen LogP contribution in [-0.2, 0) is 4.79 Å². The first-order valence-corrected chi connectivity index (χ1v) is 7.54. The summed E-state index contributed by atoms with van der Waals surface area (Å²) in [5, 5.41) is 12.1. The number of hydrogen-bond acceptors (Lipinski definition) is 2. The van der Waals surface area contributed by atoms with Gasteiger partial charge in [-0.2, -0.15) is 0 Å². The van der Waals surface area contributed by atoms with Crippen LogP contribution in [0.25, 0.3) is 0 Å². The van der Waals surface area contributed by atoms with Gasteiger partial charge in [-0.05, 0) is 36.5 Å². The Balaban J connectivity index is 2.01. The molecule has 1 saturated carbocycles. The number of hydrogen-bond donors (Lipinski definition) is 2. The Morgan fingerprint density at radius 3 is 2.65 bits per heavy atom. The molecule has 1 aromatic carbocycles. The molecule has 0 spiro atoms. The zero-order valence-electron chi connectivity index (χ0n) is 10.8. The molecule has 0 unspecified atom stereocenters. The third-order valence-corrected chi connectivity index (χ3v) is 4.56. The summed E-state index contributed by atoms with van der Waals surface area (Å²) in [6.07, 6.45) is 2.79. The summed E-state index contributed by atoms with van der Waals surface area (Å²) < 4.78 is 0.774. The van der Waals surface area contributed by atoms with Gasteiger partial charge in [0.25, 0.3) is 5.91 Å². The maximum atomic E-state index is 12.1. The van der Waals surface area contributed by atoms with Crippen molar-refractivity contribution < 1.29 is 14.7 Å². The highest BCUT2D eigenvalue weighted by Gasteiger charge is 2.39. The first kappa shape index (κ1) is 15.3. The number of amides is 1. The van der Waals surface area contributed by atoms with Crippen LogP contribution in [0.3, 0.4) is 0 Å². The topological polar surface area (TPSA) is 66.4 Å². The molecule has 1 aromatic rings. The number of benzene rings is 1. The highest BCUT2D eigenvalue weighted by molar-refractivity contribution is 9.10. The van der Waals surface area contributed by atoms with Gasteiger partial charge in [0.05, 0.1) is 17.0 Å². The van der Waals surface area contributed by atoms with Crippen LogP contribution in [0.4, 0.5) is 0 Å². The van der Waals surface area contributed by atoms with Crippen LogP contribution in [0.5, 0.6) is 0 Å². The van der Waals surface area contributed by atoms with E-state index in [0.717, 1.165) is 23.7 Å². The molecule has 0 atom stereocenters. The van der Waals surface area contributed by atoms with E-state index in [1.165, 1.54) is 0 Å². The fourth-order valence-corrected chi connectivity index (χ4v) is 3.01. The van der Waals surface area contributed by atoms with Crippen LogP contribution in [0.1, 0.15) is 36.0 Å². The zero-order chi connectivity index (χ0) is 14.8. The van der Waals surface area contributed by atoms with Crippen molar-refractivity contribution in [1.29, 1.82) is 0 Å². The molecule has 6 heteroatoms. The number of carbonyl (C=O) groups excluding carboxylic acids is 1. The summed E-state index contributed by atoms with van der Waals surface area (Å²) in [5.74, 6) is -1.09. The van der Waals surface area contributed by atoms with Crippen LogP contribution >= 0.6 is 27.5 Å². The Morgan fingerprint density at radius 1 is 1.40 bits per heavy atom. The smallest absolute Gasteiger partial charge is 0.303 e. The van der Waals surface area contributed by atoms with Crippen LogP contribution in [0.15, 0.2) is 22.7 Å². The van der Waals surface area contributed by atoms with Crippen molar-refractivity contribution in [3.63, 3.8) is 0 Å². The van der Waals surface area contributed by atoms with Gasteiger partial charge in [0.1, 0.15) is 0 Å². The second-order valence-electron chi connectivity index (χ2n) is 5.23. The summed E-state index contributed by atoms with van der Waals surface area (Å²) in [6.45, 7) is 0.376. The van der Waals surface area contributed by atoms with Gasteiger partial charge in [-0.1, -0.05) is 34.0 Å². The fourth-order valence-electron chi connectivity index (χ4n) is 2.45. The van der Waals surface area contributed by atoms with E-state index in [2.05, 4.69) is 21.2 Å². The van der Waals surface area contributed by atoms with Gasteiger partial charge in [0.2, 0.25) is 0 Å². The highest BCUT2D eigenvalue weighted by Crippen LogP contribution is 2.43. The third-order valence-electron chi connectivity index (χ3n) is 3.74. The highest BCUT2D eigenvalue weighted by atomic mass is 79.9. The maximum Gasteiger partial charge on any atom is 0.303 e. The predicted octanol–water partition coefficient (Wildman–Crippen LogP) is 3.48. The molecule has 2 N–H and O–H groups in total. The molecule has 1 aliphatic rings. The molecule has 0 bridgehead atoms. The van der Waals surface area contributed by atoms with Gasteiger partial charge >= 0.3 is 5.97 Å². The van der Waals surface area contributed by atoms with Crippen molar-refractivity contribution in [2.45, 2.75) is 25.7 Å². The lowest BCUT2D eigenvalue weighted by atomic mass is 9.66. The molecule has 0 aliphatic heterocycles. The van der Waals surface area contributed by atoms with Crippen molar-refractivity contribution in [2.75, 3.05) is 6.54 Å². The lowest BCUT2D eigenvalue weighted by Crippen LogP contribution is -2.43. The number of aliphatic carboxylic acids is 1. The number of rotatable bonds is 5. The Labute approximate surface area is 130 Å². The SMILES string of the molecule is O=C(O)CC1(CNC(=O)c2cc(Br)ccc2Cl)CCC1. The van der Waals surface area contributed by atoms with Gasteiger partial charge < -0.3 is 10.4 Å². The first-order chi connectivity index (χ1) is 9.42. The maximum absolute atomic E-state index is 12.1. The molecule has 1 fully saturated rings. The van der Waals surface area contributed by atoms with Crippen LogP contribution in [0.2, 0.25) is 5.02 Å². The van der Waals surface area contributed by atoms with Gasteiger partial charge in [-0.15, -0.1) is 0 Å². The summed E-state index contributed by atoms with van der Waals surface area (Å²) in [6, 6.07) is 5.07. The molecule has 0 radical (unpaired) electrons. The van der Waals surface area contributed by atoms with Crippen molar-refractivity contribution in [1.82, 2.24) is 5.32 Å². The third kappa shape index (κ3) is 3.52. The quantitative estimate of drug-likeness (QED) is 0.845. The minimum Gasteiger partial charge on any atom is -0.481 e. The molecular formula is C14H15BrClNO3. The van der Waals surface area contributed by atoms with E-state index in [9.17, 15) is 9.59 Å². The molecule has 0 heterocycles. The van der Waals surface area contributed by atoms with E-state index in [-0.39, 0.29) is 17.7 Å². The molecular weight excluding hydrogens is 346 g/mol. The molecule has 1 amide bonds. The molecule has 0 aromatic heterocycles. The molecule has 108 valence electrons. The Kier molecular flexibility index (Phi) is 4.70. The normalized spacial score (nSPS) is 16.3. The van der Waals surface area contributed by atoms with Crippen molar-refractivity contribution in [3.8, 4) is 0 Å². The molecule has 1 aliphatic carbocycles. The number of carboxylic acid groups (broad SMARTS) is 1. The molecule has 0 saturated heterocycles. The molecule has 4 nitrogen and oxygen atoms in total. The minimum absolute atomic E-state index is 0.0967. The standard InChI is InChI=1S/C14H15BrClNO3/c15-9-2-3-11(16)10(6-9)13(20)17-8-14(4-1-5-14)7-12(18)19/h2-3,6H,1,4-5,7-8H2,(H,17,20)(H,18,19).